The molecule has 0 saturated heterocycles. The number of hydrogen-bond acceptors (Lipinski definition) is 4. The molecule has 23 heavy (non-hydrogen) atoms. The first-order valence-electron chi connectivity index (χ1n) is 7.28. The molecular weight excluding hydrogens is 365 g/mol. The van der Waals surface area contributed by atoms with Crippen LogP contribution in [-0.4, -0.2) is 17.6 Å². The van der Waals surface area contributed by atoms with Gasteiger partial charge in [-0.3, -0.25) is 4.79 Å². The molecule has 0 unspecified atom stereocenters. The Morgan fingerprint density at radius 3 is 2.96 bits per heavy atom. The van der Waals surface area contributed by atoms with E-state index in [2.05, 4.69) is 20.9 Å². The molecule has 0 fully saturated rings. The number of rotatable bonds is 6. The predicted molar refractivity (Wildman–Crippen MR) is 88.4 cm³/mol. The van der Waals surface area contributed by atoms with Crippen LogP contribution in [-0.2, 0) is 9.53 Å². The summed E-state index contributed by atoms with van der Waals surface area (Å²) in [4.78, 5) is 15.4. The molecule has 0 aromatic carbocycles. The van der Waals surface area contributed by atoms with Crippen molar-refractivity contribution in [3.8, 4) is 5.88 Å². The fourth-order valence-corrected chi connectivity index (χ4v) is 2.34. The maximum absolute atomic E-state index is 14.1. The molecule has 0 spiro atoms. The van der Waals surface area contributed by atoms with Crippen LogP contribution < -0.4 is 4.74 Å². The van der Waals surface area contributed by atoms with Crippen LogP contribution in [0.1, 0.15) is 26.2 Å². The third-order valence-electron chi connectivity index (χ3n) is 3.13. The highest BCUT2D eigenvalue weighted by Gasteiger charge is 2.13. The number of carbonyl (C=O) groups is 1. The summed E-state index contributed by atoms with van der Waals surface area (Å²) in [7, 11) is 0. The van der Waals surface area contributed by atoms with Crippen molar-refractivity contribution < 1.29 is 18.7 Å². The molecule has 0 N–H and O–H groups in total. The number of esters is 1. The van der Waals surface area contributed by atoms with Crippen molar-refractivity contribution >= 4 is 21.9 Å². The van der Waals surface area contributed by atoms with Gasteiger partial charge in [0.05, 0.1) is 12.9 Å². The molecule has 1 aromatic rings. The van der Waals surface area contributed by atoms with Crippen molar-refractivity contribution in [2.24, 2.45) is 0 Å². The van der Waals surface area contributed by atoms with E-state index in [1.165, 1.54) is 6.26 Å². The average molecular weight is 382 g/mol. The molecule has 1 aliphatic carbocycles. The summed E-state index contributed by atoms with van der Waals surface area (Å²) in [6.07, 6.45) is 5.58. The Morgan fingerprint density at radius 2 is 2.26 bits per heavy atom. The van der Waals surface area contributed by atoms with Crippen LogP contribution in [0, 0.1) is 0 Å². The summed E-state index contributed by atoms with van der Waals surface area (Å²) >= 11 is 3.25. The van der Waals surface area contributed by atoms with Crippen molar-refractivity contribution in [3.05, 3.63) is 58.2 Å². The number of aromatic nitrogens is 1. The minimum absolute atomic E-state index is 0.142. The maximum Gasteiger partial charge on any atom is 0.306 e. The Morgan fingerprint density at radius 1 is 1.43 bits per heavy atom. The monoisotopic (exact) mass is 381 g/mol. The van der Waals surface area contributed by atoms with Gasteiger partial charge in [0.2, 0.25) is 5.88 Å². The molecule has 122 valence electrons. The van der Waals surface area contributed by atoms with Gasteiger partial charge in [-0.1, -0.05) is 18.2 Å². The van der Waals surface area contributed by atoms with E-state index in [0.717, 1.165) is 0 Å². The Balaban J connectivity index is 1.91. The van der Waals surface area contributed by atoms with Crippen LogP contribution in [0.25, 0.3) is 0 Å². The minimum Gasteiger partial charge on any atom is -0.466 e. The minimum atomic E-state index is -0.313. The van der Waals surface area contributed by atoms with E-state index < -0.39 is 0 Å². The molecule has 2 rings (SSSR count). The van der Waals surface area contributed by atoms with Crippen molar-refractivity contribution in [2.75, 3.05) is 6.61 Å². The summed E-state index contributed by atoms with van der Waals surface area (Å²) in [6, 6.07) is 5.31. The molecule has 1 heterocycles. The SMILES string of the molecule is CCOC(=O)CCC1=C(F)CC(=COc2cccc(Br)n2)C=C1. The summed E-state index contributed by atoms with van der Waals surface area (Å²) < 4.78 is 25.0. The first-order valence-corrected chi connectivity index (χ1v) is 8.07. The van der Waals surface area contributed by atoms with Crippen molar-refractivity contribution in [1.29, 1.82) is 0 Å². The Bertz CT molecular complexity index is 668. The van der Waals surface area contributed by atoms with E-state index in [1.807, 2.05) is 0 Å². The number of halogens is 2. The zero-order chi connectivity index (χ0) is 16.7. The lowest BCUT2D eigenvalue weighted by molar-refractivity contribution is -0.143. The van der Waals surface area contributed by atoms with Gasteiger partial charge in [0.1, 0.15) is 10.4 Å². The van der Waals surface area contributed by atoms with Gasteiger partial charge in [0, 0.05) is 18.9 Å². The molecule has 1 aromatic heterocycles. The van der Waals surface area contributed by atoms with E-state index in [4.69, 9.17) is 9.47 Å². The second-order valence-corrected chi connectivity index (χ2v) is 5.67. The quantitative estimate of drug-likeness (QED) is 0.409. The average Bonchev–Trinajstić information content (AvgIpc) is 2.52. The number of pyridine rings is 1. The summed E-state index contributed by atoms with van der Waals surface area (Å²) in [5.41, 5.74) is 1.22. The molecule has 0 amide bonds. The summed E-state index contributed by atoms with van der Waals surface area (Å²) in [5.74, 6) is -0.141. The van der Waals surface area contributed by atoms with E-state index in [-0.39, 0.29) is 24.6 Å². The molecule has 0 atom stereocenters. The molecule has 4 nitrogen and oxygen atoms in total. The molecule has 6 heteroatoms. The number of allylic oxidation sites excluding steroid dienone is 5. The molecule has 0 saturated carbocycles. The van der Waals surface area contributed by atoms with Gasteiger partial charge in [0.15, 0.2) is 0 Å². The van der Waals surface area contributed by atoms with E-state index in [9.17, 15) is 9.18 Å². The maximum atomic E-state index is 14.1. The highest BCUT2D eigenvalue weighted by atomic mass is 79.9. The topological polar surface area (TPSA) is 48.4 Å². The molecular formula is C17H17BrFNO3. The van der Waals surface area contributed by atoms with Crippen molar-refractivity contribution in [2.45, 2.75) is 26.2 Å². The summed E-state index contributed by atoms with van der Waals surface area (Å²) in [6.45, 7) is 2.08. The van der Waals surface area contributed by atoms with Crippen LogP contribution in [0.5, 0.6) is 5.88 Å². The smallest absolute Gasteiger partial charge is 0.306 e. The van der Waals surface area contributed by atoms with Crippen LogP contribution >= 0.6 is 15.9 Å². The predicted octanol–water partition coefficient (Wildman–Crippen LogP) is 4.63. The molecule has 0 radical (unpaired) electrons. The van der Waals surface area contributed by atoms with Crippen LogP contribution in [0.2, 0.25) is 0 Å². The lowest BCUT2D eigenvalue weighted by Gasteiger charge is -2.12. The van der Waals surface area contributed by atoms with Crippen LogP contribution in [0.15, 0.2) is 58.2 Å². The third-order valence-corrected chi connectivity index (χ3v) is 3.57. The Labute approximate surface area is 142 Å². The van der Waals surface area contributed by atoms with Gasteiger partial charge in [0.25, 0.3) is 0 Å². The lowest BCUT2D eigenvalue weighted by atomic mass is 9.99. The van der Waals surface area contributed by atoms with Crippen LogP contribution in [0.4, 0.5) is 4.39 Å². The first kappa shape index (κ1) is 17.4. The highest BCUT2D eigenvalue weighted by Crippen LogP contribution is 2.27. The zero-order valence-corrected chi connectivity index (χ0v) is 14.3. The largest absolute Gasteiger partial charge is 0.466 e. The van der Waals surface area contributed by atoms with E-state index in [0.29, 0.717) is 34.7 Å². The van der Waals surface area contributed by atoms with Crippen molar-refractivity contribution in [1.82, 2.24) is 4.98 Å². The van der Waals surface area contributed by atoms with E-state index >= 15 is 0 Å². The third kappa shape index (κ3) is 5.63. The number of ether oxygens (including phenoxy) is 2. The fraction of sp³-hybridized carbons (Fsp3) is 0.294. The molecule has 1 aliphatic rings. The molecule has 0 bridgehead atoms. The van der Waals surface area contributed by atoms with Gasteiger partial charge in [-0.15, -0.1) is 0 Å². The van der Waals surface area contributed by atoms with Gasteiger partial charge < -0.3 is 9.47 Å². The van der Waals surface area contributed by atoms with Gasteiger partial charge in [-0.25, -0.2) is 9.37 Å². The normalized spacial score (nSPS) is 15.9. The zero-order valence-electron chi connectivity index (χ0n) is 12.7. The second-order valence-electron chi connectivity index (χ2n) is 4.85. The number of hydrogen-bond donors (Lipinski definition) is 0. The lowest BCUT2D eigenvalue weighted by Crippen LogP contribution is -2.05. The fourth-order valence-electron chi connectivity index (χ4n) is 2.01. The first-order chi connectivity index (χ1) is 11.1. The summed E-state index contributed by atoms with van der Waals surface area (Å²) in [5, 5.41) is 0. The second kappa shape index (κ2) is 8.62. The van der Waals surface area contributed by atoms with E-state index in [1.54, 1.807) is 37.3 Å². The van der Waals surface area contributed by atoms with Crippen LogP contribution in [0.3, 0.4) is 0 Å². The van der Waals surface area contributed by atoms with Gasteiger partial charge >= 0.3 is 5.97 Å². The number of carbonyl (C=O) groups excluding carboxylic acids is 1. The molecule has 0 aliphatic heterocycles. The van der Waals surface area contributed by atoms with Gasteiger partial charge in [-0.05, 0) is 46.5 Å². The Hall–Kier alpha value is -1.95. The standard InChI is InChI=1S/C17H17BrFNO3/c1-2-22-17(21)9-8-13-7-6-12(10-14(13)19)11-23-16-5-3-4-15(18)20-16/h3-7,11H,2,8-10H2,1H3. The Kier molecular flexibility index (Phi) is 6.52. The van der Waals surface area contributed by atoms with Crippen molar-refractivity contribution in [3.63, 3.8) is 0 Å². The number of nitrogens with zero attached hydrogens (tertiary/aromatic N) is 1. The highest BCUT2D eigenvalue weighted by molar-refractivity contribution is 9.10. The van der Waals surface area contributed by atoms with Gasteiger partial charge in [-0.2, -0.15) is 0 Å².